The van der Waals surface area contributed by atoms with E-state index in [1.54, 1.807) is 0 Å². The molecule has 0 fully saturated rings. The molecule has 80 valence electrons. The summed E-state index contributed by atoms with van der Waals surface area (Å²) in [6.07, 6.45) is 4.24. The number of hydrogen-bond acceptors (Lipinski definition) is 3. The zero-order valence-corrected chi connectivity index (χ0v) is 9.32. The van der Waals surface area contributed by atoms with E-state index in [-0.39, 0.29) is 0 Å². The molecule has 0 bridgehead atoms. The Morgan fingerprint density at radius 1 is 1.43 bits per heavy atom. The van der Waals surface area contributed by atoms with Crippen LogP contribution in [0.5, 0.6) is 0 Å². The van der Waals surface area contributed by atoms with Gasteiger partial charge in [0.15, 0.2) is 5.82 Å². The minimum absolute atomic E-state index is 0.721. The summed E-state index contributed by atoms with van der Waals surface area (Å²) in [7, 11) is 1.90. The fourth-order valence-corrected chi connectivity index (χ4v) is 1.47. The first-order chi connectivity index (χ1) is 6.80. The molecule has 0 aliphatic heterocycles. The van der Waals surface area contributed by atoms with E-state index in [9.17, 15) is 0 Å². The van der Waals surface area contributed by atoms with E-state index in [1.165, 1.54) is 12.8 Å². The zero-order chi connectivity index (χ0) is 10.4. The molecule has 0 amide bonds. The van der Waals surface area contributed by atoms with Gasteiger partial charge >= 0.3 is 0 Å². The average Bonchev–Trinajstić information content (AvgIpc) is 2.63. The smallest absolute Gasteiger partial charge is 0.164 e. The van der Waals surface area contributed by atoms with Gasteiger partial charge in [0, 0.05) is 6.54 Å². The normalized spacial score (nSPS) is 11.1. The number of aromatic nitrogens is 3. The van der Waals surface area contributed by atoms with Crippen LogP contribution in [0.15, 0.2) is 6.33 Å². The van der Waals surface area contributed by atoms with Gasteiger partial charge in [-0.1, -0.05) is 26.7 Å². The summed E-state index contributed by atoms with van der Waals surface area (Å²) in [6.45, 7) is 6.18. The Labute approximate surface area is 85.7 Å². The van der Waals surface area contributed by atoms with E-state index >= 15 is 0 Å². The molecule has 1 N–H and O–H groups in total. The minimum atomic E-state index is 0.721. The maximum absolute atomic E-state index is 4.38. The zero-order valence-electron chi connectivity index (χ0n) is 9.32. The molecule has 0 unspecified atom stereocenters. The standard InChI is InChI=1S/C10H20N4/c1-4-9(5-2)7-14-8-12-10(13-14)6-11-3/h8-9,11H,4-7H2,1-3H3. The third-order valence-electron chi connectivity index (χ3n) is 2.52. The van der Waals surface area contributed by atoms with Crippen molar-refractivity contribution in [2.75, 3.05) is 7.05 Å². The molecule has 4 heteroatoms. The molecule has 1 rings (SSSR count). The second-order valence-corrected chi connectivity index (χ2v) is 3.60. The monoisotopic (exact) mass is 196 g/mol. The van der Waals surface area contributed by atoms with Crippen molar-refractivity contribution >= 4 is 0 Å². The number of nitrogens with zero attached hydrogens (tertiary/aromatic N) is 3. The topological polar surface area (TPSA) is 42.7 Å². The number of hydrogen-bond donors (Lipinski definition) is 1. The summed E-state index contributed by atoms with van der Waals surface area (Å²) in [4.78, 5) is 4.22. The van der Waals surface area contributed by atoms with Crippen molar-refractivity contribution in [2.24, 2.45) is 5.92 Å². The lowest BCUT2D eigenvalue weighted by Crippen LogP contribution is -2.11. The van der Waals surface area contributed by atoms with E-state index in [2.05, 4.69) is 29.2 Å². The van der Waals surface area contributed by atoms with Gasteiger partial charge in [0.1, 0.15) is 6.33 Å². The van der Waals surface area contributed by atoms with Crippen LogP contribution in [-0.2, 0) is 13.1 Å². The first-order valence-corrected chi connectivity index (χ1v) is 5.33. The molecule has 0 aliphatic rings. The second kappa shape index (κ2) is 5.75. The summed E-state index contributed by atoms with van der Waals surface area (Å²) in [5, 5.41) is 7.42. The van der Waals surface area contributed by atoms with E-state index < -0.39 is 0 Å². The molecule has 0 aromatic carbocycles. The average molecular weight is 196 g/mol. The Hall–Kier alpha value is -0.900. The third-order valence-corrected chi connectivity index (χ3v) is 2.52. The van der Waals surface area contributed by atoms with Gasteiger partial charge in [-0.3, -0.25) is 4.68 Å². The predicted octanol–water partition coefficient (Wildman–Crippen LogP) is 1.43. The van der Waals surface area contributed by atoms with Crippen molar-refractivity contribution in [2.45, 2.75) is 39.8 Å². The predicted molar refractivity (Wildman–Crippen MR) is 56.9 cm³/mol. The highest BCUT2D eigenvalue weighted by Crippen LogP contribution is 2.09. The molecule has 0 saturated carbocycles. The molecule has 0 spiro atoms. The van der Waals surface area contributed by atoms with Gasteiger partial charge in [-0.15, -0.1) is 0 Å². The van der Waals surface area contributed by atoms with Crippen LogP contribution in [0, 0.1) is 5.92 Å². The maximum atomic E-state index is 4.38. The van der Waals surface area contributed by atoms with Crippen LogP contribution in [0.4, 0.5) is 0 Å². The second-order valence-electron chi connectivity index (χ2n) is 3.60. The van der Waals surface area contributed by atoms with Crippen LogP contribution >= 0.6 is 0 Å². The molecule has 0 radical (unpaired) electrons. The summed E-state index contributed by atoms with van der Waals surface area (Å²) in [5.74, 6) is 1.59. The Balaban J connectivity index is 2.49. The lowest BCUT2D eigenvalue weighted by molar-refractivity contribution is 0.393. The first-order valence-electron chi connectivity index (χ1n) is 5.33. The largest absolute Gasteiger partial charge is 0.313 e. The first kappa shape index (κ1) is 11.2. The van der Waals surface area contributed by atoms with Crippen LogP contribution in [0.25, 0.3) is 0 Å². The van der Waals surface area contributed by atoms with Crippen molar-refractivity contribution in [3.63, 3.8) is 0 Å². The van der Waals surface area contributed by atoms with Gasteiger partial charge in [-0.25, -0.2) is 4.98 Å². The Kier molecular flexibility index (Phi) is 4.59. The molecule has 1 aromatic heterocycles. The minimum Gasteiger partial charge on any atom is -0.313 e. The van der Waals surface area contributed by atoms with E-state index in [1.807, 2.05) is 18.1 Å². The van der Waals surface area contributed by atoms with E-state index in [4.69, 9.17) is 0 Å². The molecule has 0 aliphatic carbocycles. The SMILES string of the molecule is CCC(CC)Cn1cnc(CNC)n1. The van der Waals surface area contributed by atoms with Crippen LogP contribution in [0.2, 0.25) is 0 Å². The molecule has 1 heterocycles. The Morgan fingerprint density at radius 3 is 2.71 bits per heavy atom. The summed E-state index contributed by atoms with van der Waals surface area (Å²) in [6, 6.07) is 0. The lowest BCUT2D eigenvalue weighted by atomic mass is 10.0. The van der Waals surface area contributed by atoms with Gasteiger partial charge in [0.25, 0.3) is 0 Å². The fourth-order valence-electron chi connectivity index (χ4n) is 1.47. The number of nitrogens with one attached hydrogen (secondary N) is 1. The molecule has 4 nitrogen and oxygen atoms in total. The molecule has 0 atom stereocenters. The van der Waals surface area contributed by atoms with Gasteiger partial charge in [-0.05, 0) is 13.0 Å². The maximum Gasteiger partial charge on any atom is 0.164 e. The van der Waals surface area contributed by atoms with Crippen molar-refractivity contribution in [3.05, 3.63) is 12.2 Å². The molecule has 0 saturated heterocycles. The van der Waals surface area contributed by atoms with E-state index in [0.29, 0.717) is 0 Å². The van der Waals surface area contributed by atoms with Crippen molar-refractivity contribution < 1.29 is 0 Å². The highest BCUT2D eigenvalue weighted by atomic mass is 15.3. The van der Waals surface area contributed by atoms with Crippen LogP contribution in [-0.4, -0.2) is 21.8 Å². The molecule has 1 aromatic rings. The van der Waals surface area contributed by atoms with Crippen molar-refractivity contribution in [1.82, 2.24) is 20.1 Å². The van der Waals surface area contributed by atoms with Crippen LogP contribution < -0.4 is 5.32 Å². The van der Waals surface area contributed by atoms with Crippen LogP contribution in [0.3, 0.4) is 0 Å². The van der Waals surface area contributed by atoms with Gasteiger partial charge in [0.2, 0.25) is 0 Å². The molecular formula is C10H20N4. The summed E-state index contributed by atoms with van der Waals surface area (Å²) in [5.41, 5.74) is 0. The van der Waals surface area contributed by atoms with Crippen molar-refractivity contribution in [3.8, 4) is 0 Å². The van der Waals surface area contributed by atoms with Gasteiger partial charge < -0.3 is 5.32 Å². The summed E-state index contributed by atoms with van der Waals surface area (Å²) < 4.78 is 1.95. The third kappa shape index (κ3) is 3.10. The quantitative estimate of drug-likeness (QED) is 0.748. The highest BCUT2D eigenvalue weighted by Gasteiger charge is 2.06. The highest BCUT2D eigenvalue weighted by molar-refractivity contribution is 4.80. The van der Waals surface area contributed by atoms with E-state index in [0.717, 1.165) is 24.8 Å². The molecular weight excluding hydrogens is 176 g/mol. The van der Waals surface area contributed by atoms with Gasteiger partial charge in [0.05, 0.1) is 6.54 Å². The Bertz CT molecular complexity index is 252. The fraction of sp³-hybridized carbons (Fsp3) is 0.800. The number of rotatable bonds is 6. The van der Waals surface area contributed by atoms with Gasteiger partial charge in [-0.2, -0.15) is 5.10 Å². The van der Waals surface area contributed by atoms with Crippen LogP contribution in [0.1, 0.15) is 32.5 Å². The molecule has 14 heavy (non-hydrogen) atoms. The van der Waals surface area contributed by atoms with Crippen molar-refractivity contribution in [1.29, 1.82) is 0 Å². The lowest BCUT2D eigenvalue weighted by Gasteiger charge is -2.10. The Morgan fingerprint density at radius 2 is 2.14 bits per heavy atom. The summed E-state index contributed by atoms with van der Waals surface area (Å²) >= 11 is 0.